The lowest BCUT2D eigenvalue weighted by molar-refractivity contribution is 0.457. The highest BCUT2D eigenvalue weighted by molar-refractivity contribution is 7.89. The third kappa shape index (κ3) is 3.91. The molecule has 5 nitrogen and oxygen atoms in total. The molecule has 0 spiro atoms. The van der Waals surface area contributed by atoms with E-state index < -0.39 is 21.8 Å². The van der Waals surface area contributed by atoms with E-state index in [4.69, 9.17) is 11.6 Å². The zero-order valence-corrected chi connectivity index (χ0v) is 16.5. The first-order valence-electron chi connectivity index (χ1n) is 7.80. The number of benzene rings is 2. The maximum Gasteiger partial charge on any atom is 0.244 e. The van der Waals surface area contributed by atoms with Gasteiger partial charge in [0.15, 0.2) is 5.75 Å². The van der Waals surface area contributed by atoms with Gasteiger partial charge in [0, 0.05) is 17.0 Å². The fourth-order valence-corrected chi connectivity index (χ4v) is 4.72. The minimum atomic E-state index is -3.91. The van der Waals surface area contributed by atoms with Gasteiger partial charge in [-0.2, -0.15) is 0 Å². The topological polar surface area (TPSA) is 79.3 Å². The summed E-state index contributed by atoms with van der Waals surface area (Å²) in [4.78, 5) is 4.20. The molecule has 136 valence electrons. The van der Waals surface area contributed by atoms with Crippen LogP contribution in [0.4, 0.5) is 0 Å². The minimum Gasteiger partial charge on any atom is -0.505 e. The lowest BCUT2D eigenvalue weighted by Gasteiger charge is -2.16. The molecule has 3 rings (SSSR count). The summed E-state index contributed by atoms with van der Waals surface area (Å²) in [6.07, 6.45) is 0. The Labute approximate surface area is 161 Å². The van der Waals surface area contributed by atoms with Crippen LogP contribution in [0, 0.1) is 6.92 Å². The summed E-state index contributed by atoms with van der Waals surface area (Å²) < 4.78 is 27.6. The molecule has 1 aromatic heterocycles. The molecule has 3 aromatic rings. The SMILES string of the molecule is Cc1nc(-c2ccc(C(C)NS(=O)(=O)c3cccc(Cl)c3O)cc2)cs1. The predicted molar refractivity (Wildman–Crippen MR) is 104 cm³/mol. The van der Waals surface area contributed by atoms with Gasteiger partial charge in [0.25, 0.3) is 0 Å². The summed E-state index contributed by atoms with van der Waals surface area (Å²) in [5.41, 5.74) is 2.67. The lowest BCUT2D eigenvalue weighted by atomic mass is 10.1. The lowest BCUT2D eigenvalue weighted by Crippen LogP contribution is -2.27. The number of para-hydroxylation sites is 1. The Morgan fingerprint density at radius 2 is 1.88 bits per heavy atom. The maximum absolute atomic E-state index is 12.5. The molecule has 0 saturated heterocycles. The third-order valence-corrected chi connectivity index (χ3v) is 6.55. The van der Waals surface area contributed by atoms with E-state index in [0.717, 1.165) is 21.8 Å². The van der Waals surface area contributed by atoms with Gasteiger partial charge < -0.3 is 5.11 Å². The first kappa shape index (κ1) is 18.8. The summed E-state index contributed by atoms with van der Waals surface area (Å²) in [5, 5.41) is 12.9. The number of nitrogens with one attached hydrogen (secondary N) is 1. The molecule has 8 heteroatoms. The Bertz CT molecular complexity index is 1030. The zero-order chi connectivity index (χ0) is 18.9. The molecule has 0 radical (unpaired) electrons. The highest BCUT2D eigenvalue weighted by Gasteiger charge is 2.23. The van der Waals surface area contributed by atoms with E-state index in [1.165, 1.54) is 18.2 Å². The van der Waals surface area contributed by atoms with E-state index in [9.17, 15) is 13.5 Å². The molecule has 1 unspecified atom stereocenters. The summed E-state index contributed by atoms with van der Waals surface area (Å²) in [5.74, 6) is -0.455. The molecule has 0 aliphatic heterocycles. The van der Waals surface area contributed by atoms with Gasteiger partial charge in [0.2, 0.25) is 10.0 Å². The minimum absolute atomic E-state index is 0.0107. The number of aromatic hydroxyl groups is 1. The van der Waals surface area contributed by atoms with Crippen molar-refractivity contribution in [2.24, 2.45) is 0 Å². The van der Waals surface area contributed by atoms with Gasteiger partial charge in [-0.25, -0.2) is 18.1 Å². The number of halogens is 1. The van der Waals surface area contributed by atoms with Gasteiger partial charge in [0.05, 0.1) is 15.7 Å². The summed E-state index contributed by atoms with van der Waals surface area (Å²) in [6.45, 7) is 3.69. The molecule has 0 bridgehead atoms. The standard InChI is InChI=1S/C18H17ClN2O3S2/c1-11(21-26(23,24)17-5-3-4-15(19)18(17)22)13-6-8-14(9-7-13)16-10-25-12(2)20-16/h3-11,21-22H,1-2H3. The smallest absolute Gasteiger partial charge is 0.244 e. The third-order valence-electron chi connectivity index (χ3n) is 3.90. The van der Waals surface area contributed by atoms with Crippen LogP contribution in [0.2, 0.25) is 5.02 Å². The number of hydrogen-bond acceptors (Lipinski definition) is 5. The molecular formula is C18H17ClN2O3S2. The average molecular weight is 409 g/mol. The maximum atomic E-state index is 12.5. The van der Waals surface area contributed by atoms with Crippen molar-refractivity contribution in [2.75, 3.05) is 0 Å². The average Bonchev–Trinajstić information content (AvgIpc) is 3.03. The Hall–Kier alpha value is -1.93. The Kier molecular flexibility index (Phi) is 5.34. The second-order valence-electron chi connectivity index (χ2n) is 5.80. The van der Waals surface area contributed by atoms with Gasteiger partial charge in [-0.15, -0.1) is 11.3 Å². The van der Waals surface area contributed by atoms with Gasteiger partial charge in [-0.3, -0.25) is 0 Å². The van der Waals surface area contributed by atoms with Gasteiger partial charge in [-0.1, -0.05) is 41.9 Å². The summed E-state index contributed by atoms with van der Waals surface area (Å²) >= 11 is 7.38. The van der Waals surface area contributed by atoms with Crippen LogP contribution in [-0.2, 0) is 10.0 Å². The van der Waals surface area contributed by atoms with Crippen LogP contribution >= 0.6 is 22.9 Å². The number of thiazole rings is 1. The van der Waals surface area contributed by atoms with E-state index in [1.54, 1.807) is 18.3 Å². The Morgan fingerprint density at radius 3 is 2.50 bits per heavy atom. The van der Waals surface area contributed by atoms with Crippen molar-refractivity contribution in [1.29, 1.82) is 0 Å². The van der Waals surface area contributed by atoms with E-state index in [0.29, 0.717) is 0 Å². The van der Waals surface area contributed by atoms with Crippen LogP contribution in [0.25, 0.3) is 11.3 Å². The highest BCUT2D eigenvalue weighted by atomic mass is 35.5. The quantitative estimate of drug-likeness (QED) is 0.650. The molecule has 0 aliphatic rings. The van der Waals surface area contributed by atoms with Crippen molar-refractivity contribution in [2.45, 2.75) is 24.8 Å². The number of hydrogen-bond donors (Lipinski definition) is 2. The highest BCUT2D eigenvalue weighted by Crippen LogP contribution is 2.31. The second-order valence-corrected chi connectivity index (χ2v) is 8.96. The van der Waals surface area contributed by atoms with Crippen molar-refractivity contribution in [3.05, 3.63) is 63.4 Å². The number of phenolic OH excluding ortho intramolecular Hbond substituents is 1. The molecule has 0 fully saturated rings. The summed E-state index contributed by atoms with van der Waals surface area (Å²) in [6, 6.07) is 11.3. The molecular weight excluding hydrogens is 392 g/mol. The second kappa shape index (κ2) is 7.36. The van der Waals surface area contributed by atoms with Crippen molar-refractivity contribution in [3.63, 3.8) is 0 Å². The van der Waals surface area contributed by atoms with Crippen LogP contribution in [0.1, 0.15) is 23.5 Å². The van der Waals surface area contributed by atoms with E-state index >= 15 is 0 Å². The molecule has 0 saturated carbocycles. The number of phenols is 1. The predicted octanol–water partition coefficient (Wildman–Crippen LogP) is 4.52. The van der Waals surface area contributed by atoms with Crippen molar-refractivity contribution < 1.29 is 13.5 Å². The summed E-state index contributed by atoms with van der Waals surface area (Å²) in [7, 11) is -3.91. The monoisotopic (exact) mass is 408 g/mol. The van der Waals surface area contributed by atoms with Crippen molar-refractivity contribution >= 4 is 33.0 Å². The number of aryl methyl sites for hydroxylation is 1. The fourth-order valence-electron chi connectivity index (χ4n) is 2.52. The van der Waals surface area contributed by atoms with E-state index in [-0.39, 0.29) is 9.92 Å². The normalized spacial score (nSPS) is 12.9. The van der Waals surface area contributed by atoms with E-state index in [2.05, 4.69) is 9.71 Å². The molecule has 1 atom stereocenters. The Morgan fingerprint density at radius 1 is 1.19 bits per heavy atom. The molecule has 0 aliphatic carbocycles. The first-order chi connectivity index (χ1) is 12.3. The number of aromatic nitrogens is 1. The number of sulfonamides is 1. The van der Waals surface area contributed by atoms with Crippen LogP contribution in [0.5, 0.6) is 5.75 Å². The van der Waals surface area contributed by atoms with Gasteiger partial charge in [0.1, 0.15) is 4.90 Å². The molecule has 1 heterocycles. The van der Waals surface area contributed by atoms with Gasteiger partial charge in [-0.05, 0) is 31.5 Å². The van der Waals surface area contributed by atoms with Crippen molar-refractivity contribution in [3.8, 4) is 17.0 Å². The zero-order valence-electron chi connectivity index (χ0n) is 14.1. The largest absolute Gasteiger partial charge is 0.505 e. The van der Waals surface area contributed by atoms with Crippen LogP contribution in [0.15, 0.2) is 52.7 Å². The van der Waals surface area contributed by atoms with Gasteiger partial charge >= 0.3 is 0 Å². The van der Waals surface area contributed by atoms with Crippen LogP contribution in [0.3, 0.4) is 0 Å². The van der Waals surface area contributed by atoms with Crippen LogP contribution in [-0.4, -0.2) is 18.5 Å². The van der Waals surface area contributed by atoms with E-state index in [1.807, 2.05) is 36.6 Å². The fraction of sp³-hybridized carbons (Fsp3) is 0.167. The molecule has 26 heavy (non-hydrogen) atoms. The first-order valence-corrected chi connectivity index (χ1v) is 10.5. The number of rotatable bonds is 5. The molecule has 0 amide bonds. The van der Waals surface area contributed by atoms with Crippen molar-refractivity contribution in [1.82, 2.24) is 9.71 Å². The number of nitrogens with zero attached hydrogens (tertiary/aromatic N) is 1. The Balaban J connectivity index is 1.81. The van der Waals surface area contributed by atoms with Crippen LogP contribution < -0.4 is 4.72 Å². The molecule has 2 aromatic carbocycles. The molecule has 2 N–H and O–H groups in total.